The number of anilines is 1. The first kappa shape index (κ1) is 27.1. The zero-order chi connectivity index (χ0) is 27.1. The number of ether oxygens (including phenoxy) is 1. The van der Waals surface area contributed by atoms with Crippen LogP contribution in [0.25, 0.3) is 11.0 Å². The molecule has 2 heterocycles. The predicted octanol–water partition coefficient (Wildman–Crippen LogP) is 3.04. The van der Waals surface area contributed by atoms with E-state index in [1.165, 1.54) is 7.11 Å². The van der Waals surface area contributed by atoms with E-state index < -0.39 is 12.0 Å². The molecule has 3 aromatic rings. The molecule has 0 saturated heterocycles. The van der Waals surface area contributed by atoms with E-state index in [1.54, 1.807) is 24.1 Å². The number of carbonyl (C=O) groups excluding carboxylic acids is 3. The van der Waals surface area contributed by atoms with Gasteiger partial charge in [-0.3, -0.25) is 14.4 Å². The van der Waals surface area contributed by atoms with Crippen molar-refractivity contribution in [2.75, 3.05) is 32.6 Å². The number of carbonyl (C=O) groups is 3. The number of imidazole rings is 1. The van der Waals surface area contributed by atoms with E-state index in [0.29, 0.717) is 31.7 Å². The van der Waals surface area contributed by atoms with Crippen molar-refractivity contribution < 1.29 is 19.1 Å². The van der Waals surface area contributed by atoms with Gasteiger partial charge in [-0.2, -0.15) is 0 Å². The third-order valence-electron chi connectivity index (χ3n) is 6.81. The smallest absolute Gasteiger partial charge is 0.308 e. The Morgan fingerprint density at radius 3 is 2.71 bits per heavy atom. The first-order valence-electron chi connectivity index (χ1n) is 13.0. The molecular formula is C28H36N6O4. The number of nitrogens with zero attached hydrogens (tertiary/aromatic N) is 3. The SMILES string of the molecule is COC(=O)CC1Nc2ccc(C(=O)N(CCCCCCN)Cc3nc4ccccc4[nH]3)cc2CN(C)C1=O. The zero-order valence-electron chi connectivity index (χ0n) is 22.0. The van der Waals surface area contributed by atoms with Gasteiger partial charge in [-0.15, -0.1) is 0 Å². The second-order valence-electron chi connectivity index (χ2n) is 9.67. The molecule has 0 spiro atoms. The molecule has 0 saturated carbocycles. The van der Waals surface area contributed by atoms with Crippen molar-refractivity contribution in [2.45, 2.75) is 51.2 Å². The van der Waals surface area contributed by atoms with Crippen LogP contribution >= 0.6 is 0 Å². The number of nitrogens with two attached hydrogens (primary N) is 1. The number of hydrogen-bond acceptors (Lipinski definition) is 7. The molecule has 1 atom stereocenters. The Bertz CT molecular complexity index is 1260. The maximum absolute atomic E-state index is 13.8. The van der Waals surface area contributed by atoms with Gasteiger partial charge in [0.05, 0.1) is 31.1 Å². The van der Waals surface area contributed by atoms with Crippen LogP contribution < -0.4 is 11.1 Å². The summed E-state index contributed by atoms with van der Waals surface area (Å²) in [5.74, 6) is -0.0407. The summed E-state index contributed by atoms with van der Waals surface area (Å²) >= 11 is 0. The number of hydrogen-bond donors (Lipinski definition) is 3. The number of nitrogens with one attached hydrogen (secondary N) is 2. The number of benzene rings is 2. The maximum atomic E-state index is 13.8. The van der Waals surface area contributed by atoms with E-state index >= 15 is 0 Å². The molecular weight excluding hydrogens is 484 g/mol. The van der Waals surface area contributed by atoms with Crippen molar-refractivity contribution in [3.8, 4) is 0 Å². The Kier molecular flexibility index (Phi) is 8.96. The van der Waals surface area contributed by atoms with E-state index in [2.05, 4.69) is 15.3 Å². The van der Waals surface area contributed by atoms with Gasteiger partial charge < -0.3 is 30.6 Å². The van der Waals surface area contributed by atoms with Crippen molar-refractivity contribution in [3.05, 3.63) is 59.4 Å². The number of H-pyrrole nitrogens is 1. The molecule has 202 valence electrons. The zero-order valence-corrected chi connectivity index (χ0v) is 22.0. The Balaban J connectivity index is 1.55. The van der Waals surface area contributed by atoms with Crippen LogP contribution in [0.2, 0.25) is 0 Å². The lowest BCUT2D eigenvalue weighted by atomic mass is 10.1. The third-order valence-corrected chi connectivity index (χ3v) is 6.81. The van der Waals surface area contributed by atoms with Gasteiger partial charge in [0, 0.05) is 31.4 Å². The highest BCUT2D eigenvalue weighted by atomic mass is 16.5. The van der Waals surface area contributed by atoms with Gasteiger partial charge in [0.15, 0.2) is 0 Å². The van der Waals surface area contributed by atoms with E-state index in [9.17, 15) is 14.4 Å². The average Bonchev–Trinajstić information content (AvgIpc) is 3.29. The van der Waals surface area contributed by atoms with Crippen LogP contribution in [-0.2, 0) is 27.4 Å². The average molecular weight is 521 g/mol. The fraction of sp³-hybridized carbons (Fsp3) is 0.429. The highest BCUT2D eigenvalue weighted by Crippen LogP contribution is 2.26. The molecule has 0 radical (unpaired) electrons. The van der Waals surface area contributed by atoms with Gasteiger partial charge in [-0.25, -0.2) is 4.98 Å². The van der Waals surface area contributed by atoms with Gasteiger partial charge in [0.2, 0.25) is 5.91 Å². The van der Waals surface area contributed by atoms with Crippen LogP contribution in [0.4, 0.5) is 5.69 Å². The van der Waals surface area contributed by atoms with Gasteiger partial charge >= 0.3 is 5.97 Å². The Morgan fingerprint density at radius 1 is 1.16 bits per heavy atom. The summed E-state index contributed by atoms with van der Waals surface area (Å²) in [6, 6.07) is 12.5. The molecule has 1 unspecified atom stereocenters. The minimum absolute atomic E-state index is 0.0742. The standard InChI is InChI=1S/C28H36N6O4/c1-33-17-20-15-19(11-12-21(20)30-24(28(33)37)16-26(35)38-2)27(36)34(14-8-4-3-7-13-29)18-25-31-22-9-5-6-10-23(22)32-25/h5-6,9-12,15,24,30H,3-4,7-8,13-14,16-18,29H2,1-2H3,(H,31,32). The number of likely N-dealkylation sites (N-methyl/N-ethyl adjacent to an activating group) is 1. The Labute approximate surface area is 222 Å². The van der Waals surface area contributed by atoms with Crippen molar-refractivity contribution in [1.29, 1.82) is 0 Å². The maximum Gasteiger partial charge on any atom is 0.308 e. The van der Waals surface area contributed by atoms with Crippen LogP contribution in [0.5, 0.6) is 0 Å². The second-order valence-corrected chi connectivity index (χ2v) is 9.67. The Hall–Kier alpha value is -3.92. The van der Waals surface area contributed by atoms with Crippen molar-refractivity contribution >= 4 is 34.5 Å². The number of unbranched alkanes of at least 4 members (excludes halogenated alkanes) is 3. The number of fused-ring (bicyclic) bond motifs is 2. The lowest BCUT2D eigenvalue weighted by Gasteiger charge is -2.23. The van der Waals surface area contributed by atoms with E-state index in [1.807, 2.05) is 35.2 Å². The third kappa shape index (κ3) is 6.49. The topological polar surface area (TPSA) is 134 Å². The normalized spacial score (nSPS) is 15.1. The van der Waals surface area contributed by atoms with E-state index in [4.69, 9.17) is 10.5 Å². The van der Waals surface area contributed by atoms with Crippen LogP contribution in [-0.4, -0.2) is 70.8 Å². The first-order valence-corrected chi connectivity index (χ1v) is 13.0. The minimum atomic E-state index is -0.728. The van der Waals surface area contributed by atoms with E-state index in [0.717, 1.165) is 53.8 Å². The molecule has 2 aromatic carbocycles. The quantitative estimate of drug-likeness (QED) is 0.261. The molecule has 38 heavy (non-hydrogen) atoms. The lowest BCUT2D eigenvalue weighted by molar-refractivity contribution is -0.143. The molecule has 0 fully saturated rings. The fourth-order valence-electron chi connectivity index (χ4n) is 4.73. The number of rotatable bonds is 11. The van der Waals surface area contributed by atoms with Gasteiger partial charge in [0.25, 0.3) is 5.91 Å². The summed E-state index contributed by atoms with van der Waals surface area (Å²) in [6.07, 6.45) is 3.78. The summed E-state index contributed by atoms with van der Waals surface area (Å²) in [4.78, 5) is 49.8. The summed E-state index contributed by atoms with van der Waals surface area (Å²) in [5, 5.41) is 3.17. The van der Waals surface area contributed by atoms with Crippen LogP contribution in [0.15, 0.2) is 42.5 Å². The molecule has 2 amide bonds. The minimum Gasteiger partial charge on any atom is -0.469 e. The molecule has 0 aliphatic carbocycles. The summed E-state index contributed by atoms with van der Waals surface area (Å²) in [6.45, 7) is 1.94. The highest BCUT2D eigenvalue weighted by Gasteiger charge is 2.30. The van der Waals surface area contributed by atoms with Crippen LogP contribution in [0.1, 0.15) is 53.8 Å². The molecule has 10 nitrogen and oxygen atoms in total. The number of para-hydroxylation sites is 2. The lowest BCUT2D eigenvalue weighted by Crippen LogP contribution is -2.39. The second kappa shape index (κ2) is 12.6. The highest BCUT2D eigenvalue weighted by molar-refractivity contribution is 5.96. The number of aromatic amines is 1. The largest absolute Gasteiger partial charge is 0.469 e. The summed E-state index contributed by atoms with van der Waals surface area (Å²) in [7, 11) is 2.99. The number of esters is 1. The molecule has 4 N–H and O–H groups in total. The molecule has 0 bridgehead atoms. The van der Waals surface area contributed by atoms with Crippen LogP contribution in [0, 0.1) is 0 Å². The summed E-state index contributed by atoms with van der Waals surface area (Å²) < 4.78 is 4.75. The molecule has 4 rings (SSSR count). The predicted molar refractivity (Wildman–Crippen MR) is 145 cm³/mol. The van der Waals surface area contributed by atoms with E-state index in [-0.39, 0.29) is 18.2 Å². The molecule has 1 aliphatic heterocycles. The van der Waals surface area contributed by atoms with Gasteiger partial charge in [-0.05, 0) is 55.3 Å². The first-order chi connectivity index (χ1) is 18.4. The molecule has 1 aliphatic rings. The number of aromatic nitrogens is 2. The van der Waals surface area contributed by atoms with Crippen LogP contribution in [0.3, 0.4) is 0 Å². The number of methoxy groups -OCH3 is 1. The molecule has 1 aromatic heterocycles. The number of amides is 2. The van der Waals surface area contributed by atoms with Crippen molar-refractivity contribution in [1.82, 2.24) is 19.8 Å². The monoisotopic (exact) mass is 520 g/mol. The van der Waals surface area contributed by atoms with Crippen molar-refractivity contribution in [2.24, 2.45) is 5.73 Å². The van der Waals surface area contributed by atoms with Gasteiger partial charge in [-0.1, -0.05) is 25.0 Å². The van der Waals surface area contributed by atoms with Gasteiger partial charge in [0.1, 0.15) is 11.9 Å². The van der Waals surface area contributed by atoms with Crippen molar-refractivity contribution in [3.63, 3.8) is 0 Å². The fourth-order valence-corrected chi connectivity index (χ4v) is 4.73. The molecule has 10 heteroatoms. The summed E-state index contributed by atoms with van der Waals surface area (Å²) in [5.41, 5.74) is 9.50. The Morgan fingerprint density at radius 2 is 1.95 bits per heavy atom.